The van der Waals surface area contributed by atoms with Crippen LogP contribution >= 0.6 is 11.6 Å². The van der Waals surface area contributed by atoms with Crippen LogP contribution in [0.1, 0.15) is 12.7 Å². The molecule has 1 heterocycles. The standard InChI is InChI=1S/C26H18ClF3O7/c1-14(34-17-5-3-15(27)4-6-17)25(32)36-19-11-12-20-21(13-19)37-24(26(28,29)30)23(22(20)31)35-18-9-7-16(33-2)8-10-18/h3-14H,1-2H3. The largest absolute Gasteiger partial charge is 0.497 e. The lowest BCUT2D eigenvalue weighted by Gasteiger charge is -2.15. The van der Waals surface area contributed by atoms with Crippen LogP contribution in [0.25, 0.3) is 11.0 Å². The Kier molecular flexibility index (Phi) is 7.30. The molecule has 0 saturated heterocycles. The molecular weight excluding hydrogens is 517 g/mol. The number of esters is 1. The highest BCUT2D eigenvalue weighted by atomic mass is 35.5. The number of fused-ring (bicyclic) bond motifs is 1. The minimum Gasteiger partial charge on any atom is -0.497 e. The highest BCUT2D eigenvalue weighted by Gasteiger charge is 2.40. The van der Waals surface area contributed by atoms with Crippen LogP contribution in [0.3, 0.4) is 0 Å². The van der Waals surface area contributed by atoms with Crippen LogP contribution < -0.4 is 24.4 Å². The Morgan fingerprint density at radius 2 is 1.51 bits per heavy atom. The first kappa shape index (κ1) is 25.9. The highest BCUT2D eigenvalue weighted by molar-refractivity contribution is 6.30. The van der Waals surface area contributed by atoms with E-state index < -0.39 is 40.8 Å². The molecule has 0 N–H and O–H groups in total. The summed E-state index contributed by atoms with van der Waals surface area (Å²) in [7, 11) is 1.43. The number of ether oxygens (including phenoxy) is 4. The first-order valence-corrected chi connectivity index (χ1v) is 11.1. The van der Waals surface area contributed by atoms with Gasteiger partial charge in [-0.05, 0) is 67.6 Å². The van der Waals surface area contributed by atoms with Gasteiger partial charge in [0.2, 0.25) is 11.2 Å². The lowest BCUT2D eigenvalue weighted by Crippen LogP contribution is -2.28. The summed E-state index contributed by atoms with van der Waals surface area (Å²) >= 11 is 5.82. The zero-order valence-electron chi connectivity index (χ0n) is 19.3. The normalized spacial score (nSPS) is 12.2. The zero-order valence-corrected chi connectivity index (χ0v) is 20.1. The molecule has 0 spiro atoms. The molecule has 0 radical (unpaired) electrons. The zero-order chi connectivity index (χ0) is 26.7. The van der Waals surface area contributed by atoms with E-state index in [9.17, 15) is 22.8 Å². The molecule has 4 aromatic rings. The molecule has 1 atom stereocenters. The minimum atomic E-state index is -5.05. The lowest BCUT2D eigenvalue weighted by atomic mass is 10.2. The predicted molar refractivity (Wildman–Crippen MR) is 128 cm³/mol. The van der Waals surface area contributed by atoms with Crippen molar-refractivity contribution in [2.75, 3.05) is 7.11 Å². The number of carbonyl (C=O) groups is 1. The van der Waals surface area contributed by atoms with Gasteiger partial charge < -0.3 is 23.4 Å². The first-order chi connectivity index (χ1) is 17.5. The Hall–Kier alpha value is -4.18. The number of methoxy groups -OCH3 is 1. The van der Waals surface area contributed by atoms with E-state index in [-0.39, 0.29) is 16.9 Å². The summed E-state index contributed by atoms with van der Waals surface area (Å²) < 4.78 is 67.4. The smallest absolute Gasteiger partial charge is 0.453 e. The average Bonchev–Trinajstić information content (AvgIpc) is 2.86. The van der Waals surface area contributed by atoms with E-state index in [4.69, 9.17) is 35.0 Å². The van der Waals surface area contributed by atoms with Crippen LogP contribution in [0, 0.1) is 0 Å². The monoisotopic (exact) mass is 534 g/mol. The van der Waals surface area contributed by atoms with Crippen molar-refractivity contribution in [3.05, 3.63) is 87.7 Å². The van der Waals surface area contributed by atoms with Crippen LogP contribution in [0.2, 0.25) is 5.02 Å². The van der Waals surface area contributed by atoms with Crippen molar-refractivity contribution in [3.8, 4) is 28.7 Å². The highest BCUT2D eigenvalue weighted by Crippen LogP contribution is 2.39. The van der Waals surface area contributed by atoms with Crippen LogP contribution in [-0.4, -0.2) is 19.2 Å². The van der Waals surface area contributed by atoms with E-state index in [0.29, 0.717) is 16.5 Å². The van der Waals surface area contributed by atoms with Gasteiger partial charge in [0.25, 0.3) is 5.76 Å². The quantitative estimate of drug-likeness (QED) is 0.194. The summed E-state index contributed by atoms with van der Waals surface area (Å²) in [5.41, 5.74) is -1.50. The van der Waals surface area contributed by atoms with Crippen molar-refractivity contribution >= 4 is 28.5 Å². The molecule has 0 aliphatic carbocycles. The van der Waals surface area contributed by atoms with Crippen LogP contribution in [0.5, 0.6) is 28.7 Å². The number of rotatable bonds is 7. The Morgan fingerprint density at radius 1 is 0.919 bits per heavy atom. The predicted octanol–water partition coefficient (Wildman–Crippen LogP) is 6.64. The third-order valence-corrected chi connectivity index (χ3v) is 5.29. The van der Waals surface area contributed by atoms with Crippen molar-refractivity contribution < 1.29 is 41.3 Å². The number of alkyl halides is 3. The molecule has 3 aromatic carbocycles. The Morgan fingerprint density at radius 3 is 2.14 bits per heavy atom. The SMILES string of the molecule is COc1ccc(Oc2c(C(F)(F)F)oc3cc(OC(=O)C(C)Oc4ccc(Cl)cc4)ccc3c2=O)cc1. The third kappa shape index (κ3) is 5.97. The fraction of sp³-hybridized carbons (Fsp3) is 0.154. The van der Waals surface area contributed by atoms with E-state index >= 15 is 0 Å². The van der Waals surface area contributed by atoms with Crippen molar-refractivity contribution in [1.82, 2.24) is 0 Å². The summed E-state index contributed by atoms with van der Waals surface area (Å²) in [6.45, 7) is 1.43. The van der Waals surface area contributed by atoms with E-state index in [1.54, 1.807) is 24.3 Å². The second kappa shape index (κ2) is 10.4. The Bertz CT molecular complexity index is 1480. The second-order valence-electron chi connectivity index (χ2n) is 7.66. The summed E-state index contributed by atoms with van der Waals surface area (Å²) in [5.74, 6) is -2.86. The van der Waals surface area contributed by atoms with Gasteiger partial charge in [-0.3, -0.25) is 4.79 Å². The average molecular weight is 535 g/mol. The minimum absolute atomic E-state index is 0.0295. The van der Waals surface area contributed by atoms with Gasteiger partial charge in [0.15, 0.2) is 6.10 Å². The maximum Gasteiger partial charge on any atom is 0.453 e. The molecule has 7 nitrogen and oxygen atoms in total. The molecular formula is C26H18ClF3O7. The molecule has 0 saturated carbocycles. The molecule has 0 aliphatic rings. The first-order valence-electron chi connectivity index (χ1n) is 10.7. The van der Waals surface area contributed by atoms with E-state index in [1.165, 1.54) is 50.4 Å². The van der Waals surface area contributed by atoms with Crippen molar-refractivity contribution in [3.63, 3.8) is 0 Å². The van der Waals surface area contributed by atoms with E-state index in [0.717, 1.165) is 6.07 Å². The van der Waals surface area contributed by atoms with Crippen molar-refractivity contribution in [1.29, 1.82) is 0 Å². The number of hydrogen-bond donors (Lipinski definition) is 0. The molecule has 0 bridgehead atoms. The van der Waals surface area contributed by atoms with Crippen LogP contribution in [0.15, 0.2) is 75.9 Å². The maximum atomic E-state index is 13.8. The molecule has 1 unspecified atom stereocenters. The summed E-state index contributed by atoms with van der Waals surface area (Å²) in [4.78, 5) is 25.4. The molecule has 0 aliphatic heterocycles. The van der Waals surface area contributed by atoms with Crippen LogP contribution in [0.4, 0.5) is 13.2 Å². The van der Waals surface area contributed by atoms with Gasteiger partial charge in [0.05, 0.1) is 12.5 Å². The number of halogens is 4. The van der Waals surface area contributed by atoms with Gasteiger partial charge in [0, 0.05) is 11.1 Å². The summed E-state index contributed by atoms with van der Waals surface area (Å²) in [6.07, 6.45) is -6.11. The fourth-order valence-corrected chi connectivity index (χ4v) is 3.35. The topological polar surface area (TPSA) is 84.2 Å². The molecule has 4 rings (SSSR count). The molecule has 0 amide bonds. The molecule has 192 valence electrons. The molecule has 11 heteroatoms. The molecule has 1 aromatic heterocycles. The second-order valence-corrected chi connectivity index (χ2v) is 8.09. The van der Waals surface area contributed by atoms with Gasteiger partial charge >= 0.3 is 12.1 Å². The fourth-order valence-electron chi connectivity index (χ4n) is 3.23. The third-order valence-electron chi connectivity index (χ3n) is 5.04. The van der Waals surface area contributed by atoms with Crippen LogP contribution in [-0.2, 0) is 11.0 Å². The van der Waals surface area contributed by atoms with Gasteiger partial charge in [-0.2, -0.15) is 13.2 Å². The van der Waals surface area contributed by atoms with Gasteiger partial charge in [-0.1, -0.05) is 11.6 Å². The number of benzene rings is 3. The van der Waals surface area contributed by atoms with Crippen molar-refractivity contribution in [2.45, 2.75) is 19.2 Å². The number of hydrogen-bond acceptors (Lipinski definition) is 7. The Balaban J connectivity index is 1.62. The lowest BCUT2D eigenvalue weighted by molar-refractivity contribution is -0.154. The number of carbonyl (C=O) groups excluding carboxylic acids is 1. The maximum absolute atomic E-state index is 13.8. The Labute approximate surface area is 212 Å². The molecule has 0 fully saturated rings. The summed E-state index contributed by atoms with van der Waals surface area (Å²) in [5, 5.41) is 0.276. The summed E-state index contributed by atoms with van der Waals surface area (Å²) in [6, 6.07) is 15.3. The van der Waals surface area contributed by atoms with Gasteiger partial charge in [0.1, 0.15) is 28.6 Å². The van der Waals surface area contributed by atoms with Gasteiger partial charge in [-0.15, -0.1) is 0 Å². The van der Waals surface area contributed by atoms with Gasteiger partial charge in [-0.25, -0.2) is 4.79 Å². The van der Waals surface area contributed by atoms with Crippen molar-refractivity contribution in [2.24, 2.45) is 0 Å². The van der Waals surface area contributed by atoms with E-state index in [2.05, 4.69) is 0 Å². The molecule has 37 heavy (non-hydrogen) atoms. The van der Waals surface area contributed by atoms with E-state index in [1.807, 2.05) is 0 Å².